The maximum absolute atomic E-state index is 6.45. The molecule has 2 atom stereocenters. The number of nitrogens with one attached hydrogen (secondary N) is 1. The third kappa shape index (κ3) is 5.14. The van der Waals surface area contributed by atoms with E-state index in [1.807, 2.05) is 17.4 Å². The quantitative estimate of drug-likeness (QED) is 0.190. The molecule has 12 rings (SSSR count). The van der Waals surface area contributed by atoms with Crippen LogP contribution in [0.4, 0.5) is 0 Å². The first-order chi connectivity index (χ1) is 28.2. The summed E-state index contributed by atoms with van der Waals surface area (Å²) in [5.74, 6) is 1.79. The van der Waals surface area contributed by atoms with Crippen LogP contribution in [0, 0.1) is 5.92 Å². The Hall–Kier alpha value is -7.02. The number of amidine groups is 2. The lowest BCUT2D eigenvalue weighted by molar-refractivity contribution is 0.475. The predicted octanol–water partition coefficient (Wildman–Crippen LogP) is 13.0. The summed E-state index contributed by atoms with van der Waals surface area (Å²) in [7, 11) is 0. The van der Waals surface area contributed by atoms with Crippen LogP contribution in [0.25, 0.3) is 80.7 Å². The summed E-state index contributed by atoms with van der Waals surface area (Å²) in [6, 6.07) is 54.2. The molecule has 0 spiro atoms. The van der Waals surface area contributed by atoms with E-state index >= 15 is 0 Å². The number of fused-ring (bicyclic) bond motifs is 9. The summed E-state index contributed by atoms with van der Waals surface area (Å²) in [4.78, 5) is 10.3. The second-order valence-corrected chi connectivity index (χ2v) is 16.0. The van der Waals surface area contributed by atoms with Crippen molar-refractivity contribution >= 4 is 86.9 Å². The first kappa shape index (κ1) is 32.2. The Labute approximate surface area is 332 Å². The van der Waals surface area contributed by atoms with E-state index in [1.165, 1.54) is 53.2 Å². The van der Waals surface area contributed by atoms with Crippen molar-refractivity contribution in [2.75, 3.05) is 0 Å². The molecule has 0 fully saturated rings. The summed E-state index contributed by atoms with van der Waals surface area (Å²) in [5, 5.41) is 10.8. The number of rotatable bonds is 5. The van der Waals surface area contributed by atoms with Gasteiger partial charge < -0.3 is 14.3 Å². The van der Waals surface area contributed by atoms with Gasteiger partial charge in [0.15, 0.2) is 5.84 Å². The molecular formula is C51H34N4OS. The van der Waals surface area contributed by atoms with Crippen LogP contribution in [0.3, 0.4) is 0 Å². The number of hydrogen-bond acceptors (Lipinski definition) is 5. The zero-order valence-corrected chi connectivity index (χ0v) is 31.6. The van der Waals surface area contributed by atoms with Gasteiger partial charge in [-0.3, -0.25) is 0 Å². The monoisotopic (exact) mass is 750 g/mol. The van der Waals surface area contributed by atoms with Crippen molar-refractivity contribution in [3.63, 3.8) is 0 Å². The smallest absolute Gasteiger partial charge is 0.159 e. The number of para-hydroxylation sites is 2. The van der Waals surface area contributed by atoms with Crippen LogP contribution in [-0.4, -0.2) is 22.4 Å². The normalized spacial score (nSPS) is 16.9. The number of nitrogens with zero attached hydrogens (tertiary/aromatic N) is 3. The second kappa shape index (κ2) is 12.8. The highest BCUT2D eigenvalue weighted by Crippen LogP contribution is 2.45. The molecular weight excluding hydrogens is 717 g/mol. The van der Waals surface area contributed by atoms with Crippen LogP contribution < -0.4 is 5.32 Å². The van der Waals surface area contributed by atoms with Crippen molar-refractivity contribution < 1.29 is 4.42 Å². The van der Waals surface area contributed by atoms with E-state index in [0.29, 0.717) is 0 Å². The minimum absolute atomic E-state index is 0.130. The van der Waals surface area contributed by atoms with E-state index in [2.05, 4.69) is 180 Å². The molecule has 57 heavy (non-hydrogen) atoms. The molecule has 6 heteroatoms. The zero-order valence-electron chi connectivity index (χ0n) is 30.8. The Morgan fingerprint density at radius 1 is 0.614 bits per heavy atom. The van der Waals surface area contributed by atoms with Crippen LogP contribution >= 0.6 is 11.3 Å². The Bertz CT molecular complexity index is 3320. The highest BCUT2D eigenvalue weighted by Gasteiger charge is 2.26. The summed E-state index contributed by atoms with van der Waals surface area (Å²) in [6.07, 6.45) is 9.46. The average Bonchev–Trinajstić information content (AvgIpc) is 3.96. The van der Waals surface area contributed by atoms with Gasteiger partial charge in [0.2, 0.25) is 0 Å². The molecule has 0 radical (unpaired) electrons. The summed E-state index contributed by atoms with van der Waals surface area (Å²) < 4.78 is 11.4. The van der Waals surface area contributed by atoms with Gasteiger partial charge >= 0.3 is 0 Å². The van der Waals surface area contributed by atoms with Gasteiger partial charge in [-0.1, -0.05) is 121 Å². The van der Waals surface area contributed by atoms with Gasteiger partial charge in [0.1, 0.15) is 23.2 Å². The molecule has 3 aromatic heterocycles. The van der Waals surface area contributed by atoms with Crippen molar-refractivity contribution in [2.45, 2.75) is 12.6 Å². The summed E-state index contributed by atoms with van der Waals surface area (Å²) >= 11 is 1.87. The van der Waals surface area contributed by atoms with Crippen LogP contribution in [-0.2, 0) is 0 Å². The molecule has 0 saturated carbocycles. The maximum Gasteiger partial charge on any atom is 0.159 e. The molecule has 4 heterocycles. The Balaban J connectivity index is 0.997. The van der Waals surface area contributed by atoms with Crippen molar-refractivity contribution in [3.05, 3.63) is 187 Å². The van der Waals surface area contributed by atoms with Gasteiger partial charge in [0, 0.05) is 58.8 Å². The number of thiophene rings is 1. The van der Waals surface area contributed by atoms with E-state index in [0.717, 1.165) is 56.7 Å². The van der Waals surface area contributed by atoms with Crippen LogP contribution in [0.5, 0.6) is 0 Å². The van der Waals surface area contributed by atoms with Crippen molar-refractivity contribution in [2.24, 2.45) is 15.9 Å². The second-order valence-electron chi connectivity index (χ2n) is 14.9. The molecule has 7 aromatic carbocycles. The van der Waals surface area contributed by atoms with Gasteiger partial charge in [0.25, 0.3) is 0 Å². The third-order valence-corrected chi connectivity index (χ3v) is 12.8. The lowest BCUT2D eigenvalue weighted by Gasteiger charge is -2.28. The fraction of sp³-hybridized carbons (Fsp3) is 0.0588. The number of aliphatic imine (C=N–C) groups is 2. The largest absolute Gasteiger partial charge is 0.456 e. The highest BCUT2D eigenvalue weighted by atomic mass is 32.1. The minimum atomic E-state index is -0.130. The highest BCUT2D eigenvalue weighted by molar-refractivity contribution is 7.26. The molecule has 2 aliphatic rings. The lowest BCUT2D eigenvalue weighted by Crippen LogP contribution is -2.43. The fourth-order valence-electron chi connectivity index (χ4n) is 8.90. The topological polar surface area (TPSA) is 54.8 Å². The number of aromatic nitrogens is 1. The number of allylic oxidation sites excluding steroid dienone is 3. The number of benzene rings is 7. The van der Waals surface area contributed by atoms with Gasteiger partial charge in [0.05, 0.1) is 16.7 Å². The Morgan fingerprint density at radius 3 is 2.09 bits per heavy atom. The third-order valence-electron chi connectivity index (χ3n) is 11.6. The number of furan rings is 1. The van der Waals surface area contributed by atoms with Gasteiger partial charge in [-0.15, -0.1) is 11.3 Å². The van der Waals surface area contributed by atoms with Gasteiger partial charge in [-0.25, -0.2) is 9.98 Å². The molecule has 1 N–H and O–H groups in total. The van der Waals surface area contributed by atoms with E-state index < -0.39 is 0 Å². The predicted molar refractivity (Wildman–Crippen MR) is 239 cm³/mol. The van der Waals surface area contributed by atoms with Gasteiger partial charge in [-0.05, 0) is 72.1 Å². The summed E-state index contributed by atoms with van der Waals surface area (Å²) in [5.41, 5.74) is 9.73. The van der Waals surface area contributed by atoms with Crippen molar-refractivity contribution in [1.82, 2.24) is 9.88 Å². The van der Waals surface area contributed by atoms with E-state index in [-0.39, 0.29) is 12.1 Å². The molecule has 1 aliphatic carbocycles. The number of hydrogen-bond donors (Lipinski definition) is 1. The first-order valence-corrected chi connectivity index (χ1v) is 20.3. The van der Waals surface area contributed by atoms with Gasteiger partial charge in [-0.2, -0.15) is 0 Å². The van der Waals surface area contributed by atoms with E-state index in [9.17, 15) is 0 Å². The van der Waals surface area contributed by atoms with Crippen molar-refractivity contribution in [1.29, 1.82) is 0 Å². The van der Waals surface area contributed by atoms with Crippen molar-refractivity contribution in [3.8, 4) is 16.8 Å². The summed E-state index contributed by atoms with van der Waals surface area (Å²) in [6.45, 7) is 0. The lowest BCUT2D eigenvalue weighted by atomic mass is 9.96. The first-order valence-electron chi connectivity index (χ1n) is 19.5. The molecule has 5 nitrogen and oxygen atoms in total. The SMILES string of the molecule is C1=CCC(C2N=C(c3ccc4oc5ccc(-c6cccc7c6sc6cccc(-n8c9ccccc9c9ccccc98)c67)cc5c4c3)N=C(c3ccccc3)N2)C=C1. The Kier molecular flexibility index (Phi) is 7.22. The standard InChI is InChI=1S/C51H34N4OS/c1-3-13-31(14-4-1)49-52-50(32-15-5-2-6-16-32)54-51(53-49)34-26-28-45-40(30-34)39-29-33(25-27-44(39)56-45)35-19-11-20-38-47-43(23-12-24-46(47)57-48(35)38)55-41-21-9-7-17-36(41)37-18-8-10-22-42(37)55/h1-15,17-30,32,50H,16H2,(H,52,53,54). The fourth-order valence-corrected chi connectivity index (χ4v) is 10.2. The molecule has 2 unspecified atom stereocenters. The zero-order chi connectivity index (χ0) is 37.5. The van der Waals surface area contributed by atoms with E-state index in [1.54, 1.807) is 0 Å². The molecule has 0 saturated heterocycles. The molecule has 10 aromatic rings. The van der Waals surface area contributed by atoms with E-state index in [4.69, 9.17) is 14.4 Å². The van der Waals surface area contributed by atoms with Crippen LogP contribution in [0.1, 0.15) is 17.5 Å². The molecule has 1 aliphatic heterocycles. The average molecular weight is 751 g/mol. The van der Waals surface area contributed by atoms with Crippen LogP contribution in [0.2, 0.25) is 0 Å². The molecule has 270 valence electrons. The Morgan fingerprint density at radius 2 is 1.32 bits per heavy atom. The molecule has 0 bridgehead atoms. The maximum atomic E-state index is 6.45. The van der Waals surface area contributed by atoms with Crippen LogP contribution in [0.15, 0.2) is 190 Å². The molecule has 0 amide bonds. The minimum Gasteiger partial charge on any atom is -0.456 e.